The van der Waals surface area contributed by atoms with Gasteiger partial charge in [0.25, 0.3) is 0 Å². The van der Waals surface area contributed by atoms with E-state index >= 15 is 0 Å². The summed E-state index contributed by atoms with van der Waals surface area (Å²) < 4.78 is 53.3. The molecule has 0 atom stereocenters. The minimum Gasteiger partial charge on any atom is -0.491 e. The normalized spacial score (nSPS) is 12.8. The summed E-state index contributed by atoms with van der Waals surface area (Å²) in [6.07, 6.45) is 2.00. The fourth-order valence-electron chi connectivity index (χ4n) is 9.33. The average Bonchev–Trinajstić information content (AvgIpc) is 1.55. The third kappa shape index (κ3) is 20.8. The van der Waals surface area contributed by atoms with Crippen molar-refractivity contribution in [2.75, 3.05) is 136 Å². The van der Waals surface area contributed by atoms with E-state index in [0.29, 0.717) is 125 Å². The number of hydrogen-bond donors (Lipinski definition) is 0. The number of thiocarbonyl (C=S) groups is 4. The molecule has 84 heavy (non-hydrogen) atoms. The number of hydrogen-bond acceptors (Lipinski definition) is 12. The summed E-state index contributed by atoms with van der Waals surface area (Å²) in [5.41, 5.74) is 12.1. The Morgan fingerprint density at radius 3 is 0.583 bits per heavy atom. The molecule has 0 saturated carbocycles. The van der Waals surface area contributed by atoms with E-state index in [1.165, 1.54) is 22.3 Å². The number of nitrogens with zero attached hydrogens (tertiary/aromatic N) is 4. The molecule has 1 aliphatic carbocycles. The molecule has 4 aromatic rings. The maximum Gasteiger partial charge on any atom is 0.126 e. The lowest BCUT2D eigenvalue weighted by Crippen LogP contribution is -2.25. The van der Waals surface area contributed by atoms with Crippen LogP contribution in [0.5, 0.6) is 23.0 Å². The van der Waals surface area contributed by atoms with Gasteiger partial charge in [-0.3, -0.25) is 0 Å². The second-order valence-corrected chi connectivity index (χ2v) is 28.8. The quantitative estimate of drug-likeness (QED) is 0.0434. The van der Waals surface area contributed by atoms with Crippen LogP contribution < -0.4 is 18.9 Å². The molecule has 0 aliphatic heterocycles. The standard InChI is InChI=1S/C68H100N4O8S4/c1-65(2,3)53-33-45-29-47-35-54(66(4,5)6)37-49(62(47)78-26-22-74-42-58(82)70(15)16)31-51-39-56(68(10,11)12)40-52(64(51)80-28-24-76-44-60(84)72(19)20)32-50-38-55(67(7,8)9)36-48(63(50)79-27-23-75-43-59(83)71(17)18)30-46(34-53)61(45)77-25-21-73-41-57(81)69(13)14/h33-40H,21-32,41-44H2,1-20H3. The Bertz CT molecular complexity index is 2430. The number of likely N-dealkylation sites (N-methyl/N-ethyl adjacent to an activating group) is 4. The van der Waals surface area contributed by atoms with Crippen molar-refractivity contribution in [2.45, 2.75) is 130 Å². The first-order chi connectivity index (χ1) is 39.1. The van der Waals surface area contributed by atoms with Crippen molar-refractivity contribution < 1.29 is 37.9 Å². The smallest absolute Gasteiger partial charge is 0.126 e. The van der Waals surface area contributed by atoms with Crippen molar-refractivity contribution >= 4 is 68.8 Å². The largest absolute Gasteiger partial charge is 0.491 e. The minimum atomic E-state index is -0.231. The number of rotatable bonds is 24. The van der Waals surface area contributed by atoms with Gasteiger partial charge in [-0.2, -0.15) is 0 Å². The van der Waals surface area contributed by atoms with Crippen molar-refractivity contribution in [1.82, 2.24) is 19.6 Å². The minimum absolute atomic E-state index is 0.231. The number of benzene rings is 4. The van der Waals surface area contributed by atoms with Crippen LogP contribution in [0.15, 0.2) is 48.5 Å². The van der Waals surface area contributed by atoms with Crippen LogP contribution >= 0.6 is 48.9 Å². The van der Waals surface area contributed by atoms with Gasteiger partial charge in [0.2, 0.25) is 0 Å². The molecule has 464 valence electrons. The lowest BCUT2D eigenvalue weighted by atomic mass is 9.79. The van der Waals surface area contributed by atoms with Gasteiger partial charge >= 0.3 is 0 Å². The van der Waals surface area contributed by atoms with E-state index in [9.17, 15) is 0 Å². The highest BCUT2D eigenvalue weighted by Gasteiger charge is 2.30. The maximum atomic E-state index is 7.15. The van der Waals surface area contributed by atoms with Crippen LogP contribution in [0.2, 0.25) is 0 Å². The summed E-state index contributed by atoms with van der Waals surface area (Å²) >= 11 is 22.5. The van der Waals surface area contributed by atoms with E-state index in [-0.39, 0.29) is 21.7 Å². The summed E-state index contributed by atoms with van der Waals surface area (Å²) in [7, 11) is 15.5. The van der Waals surface area contributed by atoms with Gasteiger partial charge in [-0.15, -0.1) is 0 Å². The molecule has 8 bridgehead atoms. The molecule has 0 unspecified atom stereocenters. The van der Waals surface area contributed by atoms with E-state index < -0.39 is 0 Å². The second-order valence-electron chi connectivity index (χ2n) is 27.0. The van der Waals surface area contributed by atoms with Crippen molar-refractivity contribution in [3.63, 3.8) is 0 Å². The molecule has 1 aliphatic rings. The van der Waals surface area contributed by atoms with Gasteiger partial charge in [0.15, 0.2) is 0 Å². The average molecular weight is 1230 g/mol. The van der Waals surface area contributed by atoms with Crippen LogP contribution in [0.25, 0.3) is 0 Å². The molecule has 4 aromatic carbocycles. The molecule has 0 fully saturated rings. The number of fused-ring (bicyclic) bond motifs is 8. The Hall–Kier alpha value is -4.52. The Kier molecular flexibility index (Phi) is 25.8. The molecular formula is C68H100N4O8S4. The molecular weight excluding hydrogens is 1130 g/mol. The molecule has 0 N–H and O–H groups in total. The van der Waals surface area contributed by atoms with Gasteiger partial charge in [0.1, 0.15) is 69.4 Å². The topological polar surface area (TPSA) is 86.8 Å². The zero-order chi connectivity index (χ0) is 62.5. The first-order valence-electron chi connectivity index (χ1n) is 29.4. The zero-order valence-corrected chi connectivity index (χ0v) is 57.9. The van der Waals surface area contributed by atoms with Crippen molar-refractivity contribution in [2.24, 2.45) is 0 Å². The van der Waals surface area contributed by atoms with Crippen molar-refractivity contribution in [1.29, 1.82) is 0 Å². The molecule has 0 radical (unpaired) electrons. The van der Waals surface area contributed by atoms with Crippen LogP contribution in [0.1, 0.15) is 150 Å². The SMILES string of the molecule is CN(C)C(=S)COCCOc1c2cc(C(C)(C)C)cc1Cc1cc(C(C)(C)C)cc(c1OCCOCC(=S)N(C)C)Cc1cc(C(C)(C)C)cc(c1OCCOCC(=S)N(C)C)Cc1cc(C(C)(C)C)cc(c1OCCOCC(=S)N(C)C)C2. The Morgan fingerprint density at radius 1 is 0.298 bits per heavy atom. The summed E-state index contributed by atoms with van der Waals surface area (Å²) in [5.74, 6) is 3.23. The van der Waals surface area contributed by atoms with E-state index in [4.69, 9.17) is 86.8 Å². The van der Waals surface area contributed by atoms with Gasteiger partial charge in [-0.1, -0.05) is 180 Å². The van der Waals surface area contributed by atoms with Crippen LogP contribution in [0, 0.1) is 0 Å². The summed E-state index contributed by atoms with van der Waals surface area (Å²) in [6.45, 7) is 31.2. The molecule has 0 heterocycles. The van der Waals surface area contributed by atoms with Crippen LogP contribution in [0.4, 0.5) is 0 Å². The third-order valence-electron chi connectivity index (χ3n) is 14.8. The first kappa shape index (κ1) is 70.2. The molecule has 0 spiro atoms. The fourth-order valence-corrected chi connectivity index (χ4v) is 9.66. The fraction of sp³-hybridized carbons (Fsp3) is 0.588. The molecule has 5 rings (SSSR count). The van der Waals surface area contributed by atoms with Gasteiger partial charge in [0.05, 0.1) is 52.9 Å². The monoisotopic (exact) mass is 1230 g/mol. The predicted molar refractivity (Wildman–Crippen MR) is 362 cm³/mol. The summed E-state index contributed by atoms with van der Waals surface area (Å²) in [6, 6.07) is 18.7. The predicted octanol–water partition coefficient (Wildman–Crippen LogP) is 12.7. The molecule has 12 nitrogen and oxygen atoms in total. The molecule has 0 aromatic heterocycles. The van der Waals surface area contributed by atoms with Gasteiger partial charge in [-0.25, -0.2) is 0 Å². The highest BCUT2D eigenvalue weighted by molar-refractivity contribution is 7.80. The summed E-state index contributed by atoms with van der Waals surface area (Å²) in [5, 5.41) is 0. The lowest BCUT2D eigenvalue weighted by molar-refractivity contribution is 0.123. The van der Waals surface area contributed by atoms with E-state index in [2.05, 4.69) is 132 Å². The van der Waals surface area contributed by atoms with Crippen molar-refractivity contribution in [3.8, 4) is 23.0 Å². The summed E-state index contributed by atoms with van der Waals surface area (Å²) in [4.78, 5) is 10.5. The molecule has 0 saturated heterocycles. The molecule has 0 amide bonds. The van der Waals surface area contributed by atoms with Crippen molar-refractivity contribution in [3.05, 3.63) is 115 Å². The van der Waals surface area contributed by atoms with Crippen LogP contribution in [0.3, 0.4) is 0 Å². The van der Waals surface area contributed by atoms with Gasteiger partial charge < -0.3 is 57.5 Å². The van der Waals surface area contributed by atoms with Crippen LogP contribution in [-0.4, -0.2) is 175 Å². The van der Waals surface area contributed by atoms with Gasteiger partial charge in [-0.05, 0) is 88.4 Å². The van der Waals surface area contributed by atoms with E-state index in [1.54, 1.807) is 0 Å². The lowest BCUT2D eigenvalue weighted by Gasteiger charge is -2.29. The van der Waals surface area contributed by atoms with E-state index in [0.717, 1.165) is 67.5 Å². The zero-order valence-electron chi connectivity index (χ0n) is 54.6. The highest BCUT2D eigenvalue weighted by Crippen LogP contribution is 2.44. The maximum absolute atomic E-state index is 7.15. The van der Waals surface area contributed by atoms with Crippen LogP contribution in [-0.2, 0) is 66.3 Å². The van der Waals surface area contributed by atoms with Gasteiger partial charge in [0, 0.05) is 82.1 Å². The molecule has 16 heteroatoms. The Labute approximate surface area is 527 Å². The third-order valence-corrected chi connectivity index (χ3v) is 16.7. The Balaban J connectivity index is 1.92. The highest BCUT2D eigenvalue weighted by atomic mass is 32.1. The first-order valence-corrected chi connectivity index (χ1v) is 31.1. The van der Waals surface area contributed by atoms with E-state index in [1.807, 2.05) is 76.0 Å². The second kappa shape index (κ2) is 30.9. The Morgan fingerprint density at radius 2 is 0.452 bits per heavy atom. The number of ether oxygens (including phenoxy) is 8.